The van der Waals surface area contributed by atoms with Crippen molar-refractivity contribution in [3.63, 3.8) is 0 Å². The van der Waals surface area contributed by atoms with Crippen molar-refractivity contribution < 1.29 is 27.1 Å². The SMILES string of the molecule is CCOc1ccc(-n2c(C(C)N(CCC(C)NC3CCC3)C(=O)Cc3ccc(F)c(C(F)(F)F)c3)nc3ncccc3c2=O)cc1. The van der Waals surface area contributed by atoms with Crippen molar-refractivity contribution >= 4 is 16.9 Å². The van der Waals surface area contributed by atoms with Gasteiger partial charge in [0.25, 0.3) is 5.56 Å². The molecule has 0 spiro atoms. The standard InChI is InChI=1S/C34H37F4N5O3/c1-4-46-26-13-11-25(12-14-26)43-32(41-31-27(33(43)45)9-6-17-39-31)22(3)42(18-16-21(2)40-24-7-5-8-24)30(44)20-23-10-15-29(35)28(19-23)34(36,37)38/h6,9-15,17,19,21-22,24,40H,4-5,7-8,16,18,20H2,1-3H3. The first-order chi connectivity index (χ1) is 22.0. The molecule has 8 nitrogen and oxygen atoms in total. The van der Waals surface area contributed by atoms with E-state index in [1.807, 2.05) is 13.8 Å². The van der Waals surface area contributed by atoms with E-state index in [4.69, 9.17) is 9.72 Å². The number of hydrogen-bond acceptors (Lipinski definition) is 6. The Kier molecular flexibility index (Phi) is 10.0. The van der Waals surface area contributed by atoms with Crippen molar-refractivity contribution in [2.45, 2.75) is 77.2 Å². The van der Waals surface area contributed by atoms with Crippen LogP contribution in [0.2, 0.25) is 0 Å². The average Bonchev–Trinajstić information content (AvgIpc) is 3.00. The average molecular weight is 640 g/mol. The van der Waals surface area contributed by atoms with Crippen LogP contribution in [0.3, 0.4) is 0 Å². The summed E-state index contributed by atoms with van der Waals surface area (Å²) in [6.07, 6.45) is 0.0761. The van der Waals surface area contributed by atoms with E-state index >= 15 is 0 Å². The van der Waals surface area contributed by atoms with Gasteiger partial charge in [0.1, 0.15) is 17.4 Å². The van der Waals surface area contributed by atoms with Gasteiger partial charge in [-0.25, -0.2) is 14.4 Å². The molecule has 0 saturated heterocycles. The Morgan fingerprint density at radius 2 is 1.87 bits per heavy atom. The molecular formula is C34H37F4N5O3. The molecule has 2 aromatic carbocycles. The highest BCUT2D eigenvalue weighted by Gasteiger charge is 2.35. The summed E-state index contributed by atoms with van der Waals surface area (Å²) in [6, 6.07) is 12.4. The number of amides is 1. The molecule has 0 radical (unpaired) electrons. The molecule has 0 bridgehead atoms. The molecule has 244 valence electrons. The van der Waals surface area contributed by atoms with Crippen molar-refractivity contribution in [1.82, 2.24) is 24.8 Å². The Morgan fingerprint density at radius 1 is 1.13 bits per heavy atom. The number of benzene rings is 2. The van der Waals surface area contributed by atoms with Crippen LogP contribution in [0, 0.1) is 5.82 Å². The molecule has 1 aliphatic carbocycles. The van der Waals surface area contributed by atoms with Crippen LogP contribution in [0.15, 0.2) is 65.6 Å². The number of nitrogens with one attached hydrogen (secondary N) is 1. The number of pyridine rings is 1. The van der Waals surface area contributed by atoms with Gasteiger partial charge in [0.2, 0.25) is 5.91 Å². The predicted octanol–water partition coefficient (Wildman–Crippen LogP) is 6.39. The summed E-state index contributed by atoms with van der Waals surface area (Å²) in [4.78, 5) is 38.5. The minimum Gasteiger partial charge on any atom is -0.494 e. The number of alkyl halides is 3. The highest BCUT2D eigenvalue weighted by molar-refractivity contribution is 5.79. The largest absolute Gasteiger partial charge is 0.494 e. The summed E-state index contributed by atoms with van der Waals surface area (Å²) >= 11 is 0. The summed E-state index contributed by atoms with van der Waals surface area (Å²) in [6.45, 7) is 6.31. The number of rotatable bonds is 12. The first kappa shape index (κ1) is 33.1. The van der Waals surface area contributed by atoms with Crippen LogP contribution >= 0.6 is 0 Å². The minimum absolute atomic E-state index is 0.0219. The Hall–Kier alpha value is -4.32. The van der Waals surface area contributed by atoms with E-state index in [0.717, 1.165) is 25.3 Å². The highest BCUT2D eigenvalue weighted by atomic mass is 19.4. The van der Waals surface area contributed by atoms with Gasteiger partial charge in [-0.15, -0.1) is 0 Å². The smallest absolute Gasteiger partial charge is 0.419 e. The third-order valence-corrected chi connectivity index (χ3v) is 8.36. The Balaban J connectivity index is 1.54. The maximum Gasteiger partial charge on any atom is 0.419 e. The molecular weight excluding hydrogens is 602 g/mol. The van der Waals surface area contributed by atoms with E-state index in [1.165, 1.54) is 21.7 Å². The molecule has 2 atom stereocenters. The zero-order valence-electron chi connectivity index (χ0n) is 26.0. The fourth-order valence-corrected chi connectivity index (χ4v) is 5.67. The molecule has 2 aromatic heterocycles. The Labute approximate surface area is 264 Å². The molecule has 1 N–H and O–H groups in total. The lowest BCUT2D eigenvalue weighted by molar-refractivity contribution is -0.140. The second kappa shape index (κ2) is 14.0. The zero-order chi connectivity index (χ0) is 33.0. The van der Waals surface area contributed by atoms with Crippen molar-refractivity contribution in [1.29, 1.82) is 0 Å². The molecule has 1 aliphatic rings. The van der Waals surface area contributed by atoms with E-state index in [2.05, 4.69) is 10.3 Å². The molecule has 46 heavy (non-hydrogen) atoms. The number of ether oxygens (including phenoxy) is 1. The molecule has 2 heterocycles. The predicted molar refractivity (Wildman–Crippen MR) is 166 cm³/mol. The van der Waals surface area contributed by atoms with Crippen LogP contribution < -0.4 is 15.6 Å². The van der Waals surface area contributed by atoms with Gasteiger partial charge in [0.05, 0.1) is 35.7 Å². The molecule has 5 rings (SSSR count). The summed E-state index contributed by atoms with van der Waals surface area (Å²) in [5, 5.41) is 3.84. The van der Waals surface area contributed by atoms with Gasteiger partial charge in [-0.1, -0.05) is 12.5 Å². The highest BCUT2D eigenvalue weighted by Crippen LogP contribution is 2.32. The summed E-state index contributed by atoms with van der Waals surface area (Å²) in [7, 11) is 0. The monoisotopic (exact) mass is 639 g/mol. The van der Waals surface area contributed by atoms with Gasteiger partial charge in [-0.05, 0) is 94.1 Å². The fourth-order valence-electron chi connectivity index (χ4n) is 5.67. The summed E-state index contributed by atoms with van der Waals surface area (Å²) in [5.74, 6) is -1.04. The number of hydrogen-bond donors (Lipinski definition) is 1. The minimum atomic E-state index is -4.91. The van der Waals surface area contributed by atoms with E-state index in [1.54, 1.807) is 43.3 Å². The van der Waals surface area contributed by atoms with Crippen LogP contribution in [-0.2, 0) is 17.4 Å². The van der Waals surface area contributed by atoms with Gasteiger partial charge < -0.3 is 15.0 Å². The second-order valence-corrected chi connectivity index (χ2v) is 11.6. The first-order valence-corrected chi connectivity index (χ1v) is 15.5. The molecule has 0 aliphatic heterocycles. The topological polar surface area (TPSA) is 89.3 Å². The van der Waals surface area contributed by atoms with Gasteiger partial charge in [0, 0.05) is 24.8 Å². The third-order valence-electron chi connectivity index (χ3n) is 8.36. The van der Waals surface area contributed by atoms with Crippen LogP contribution in [0.5, 0.6) is 5.75 Å². The molecule has 1 amide bonds. The van der Waals surface area contributed by atoms with Crippen molar-refractivity contribution in [3.8, 4) is 11.4 Å². The van der Waals surface area contributed by atoms with Crippen molar-refractivity contribution in [2.24, 2.45) is 0 Å². The third kappa shape index (κ3) is 7.38. The number of fused-ring (bicyclic) bond motifs is 1. The van der Waals surface area contributed by atoms with Gasteiger partial charge in [0.15, 0.2) is 5.65 Å². The van der Waals surface area contributed by atoms with E-state index in [0.29, 0.717) is 36.6 Å². The lowest BCUT2D eigenvalue weighted by Gasteiger charge is -2.34. The summed E-state index contributed by atoms with van der Waals surface area (Å²) in [5.41, 5.74) is -1.09. The molecule has 1 fully saturated rings. The Bertz CT molecular complexity index is 1740. The maximum atomic E-state index is 14.0. The second-order valence-electron chi connectivity index (χ2n) is 11.6. The normalized spacial score (nSPS) is 14.9. The van der Waals surface area contributed by atoms with E-state index in [-0.39, 0.29) is 40.6 Å². The van der Waals surface area contributed by atoms with E-state index in [9.17, 15) is 27.2 Å². The molecule has 1 saturated carbocycles. The number of carbonyl (C=O) groups excluding carboxylic acids is 1. The van der Waals surface area contributed by atoms with Crippen LogP contribution in [-0.4, -0.2) is 50.6 Å². The van der Waals surface area contributed by atoms with Crippen molar-refractivity contribution in [2.75, 3.05) is 13.2 Å². The van der Waals surface area contributed by atoms with Crippen LogP contribution in [0.4, 0.5) is 17.6 Å². The molecule has 12 heteroatoms. The van der Waals surface area contributed by atoms with Crippen LogP contribution in [0.25, 0.3) is 16.7 Å². The molecule has 4 aromatic rings. The number of halogens is 4. The number of nitrogens with zero attached hydrogens (tertiary/aromatic N) is 4. The number of carbonyl (C=O) groups is 1. The fraction of sp³-hybridized carbons (Fsp3) is 0.412. The van der Waals surface area contributed by atoms with Gasteiger partial charge in [-0.3, -0.25) is 14.2 Å². The van der Waals surface area contributed by atoms with Crippen molar-refractivity contribution in [3.05, 3.63) is 93.9 Å². The quantitative estimate of drug-likeness (QED) is 0.181. The lowest BCUT2D eigenvalue weighted by Crippen LogP contribution is -2.44. The molecule has 2 unspecified atom stereocenters. The first-order valence-electron chi connectivity index (χ1n) is 15.5. The van der Waals surface area contributed by atoms with Crippen LogP contribution in [0.1, 0.15) is 69.4 Å². The zero-order valence-corrected chi connectivity index (χ0v) is 26.0. The Morgan fingerprint density at radius 3 is 2.52 bits per heavy atom. The summed E-state index contributed by atoms with van der Waals surface area (Å²) < 4.78 is 61.4. The van der Waals surface area contributed by atoms with Gasteiger partial charge >= 0.3 is 6.18 Å². The lowest BCUT2D eigenvalue weighted by atomic mass is 9.92. The van der Waals surface area contributed by atoms with Gasteiger partial charge in [-0.2, -0.15) is 13.2 Å². The maximum absolute atomic E-state index is 14.0. The van der Waals surface area contributed by atoms with E-state index < -0.39 is 35.9 Å². The number of aromatic nitrogens is 3.